The first-order chi connectivity index (χ1) is 12.8. The maximum Gasteiger partial charge on any atom is 0.409 e. The fourth-order valence-electron chi connectivity index (χ4n) is 3.57. The van der Waals surface area contributed by atoms with Crippen molar-refractivity contribution in [2.75, 3.05) is 19.7 Å². The van der Waals surface area contributed by atoms with E-state index in [1.54, 1.807) is 17.3 Å². The molecule has 1 aliphatic rings. The Morgan fingerprint density at radius 1 is 1.42 bits per heavy atom. The SMILES string of the molecule is CCOC(=O)N1CCC(C(c2ncon2)c2cc3cnccc3o2)CC1. The molecular weight excluding hydrogens is 336 g/mol. The van der Waals surface area contributed by atoms with Crippen LogP contribution in [0.2, 0.25) is 0 Å². The highest BCUT2D eigenvalue weighted by molar-refractivity contribution is 5.76. The van der Waals surface area contributed by atoms with E-state index in [1.807, 2.05) is 19.1 Å². The molecule has 0 aromatic carbocycles. The zero-order chi connectivity index (χ0) is 17.9. The number of hydrogen-bond acceptors (Lipinski definition) is 7. The monoisotopic (exact) mass is 356 g/mol. The number of piperidine rings is 1. The molecule has 1 unspecified atom stereocenters. The van der Waals surface area contributed by atoms with Crippen LogP contribution in [0.3, 0.4) is 0 Å². The van der Waals surface area contributed by atoms with Gasteiger partial charge in [-0.05, 0) is 37.8 Å². The van der Waals surface area contributed by atoms with Crippen LogP contribution in [-0.2, 0) is 4.74 Å². The third-order valence-electron chi connectivity index (χ3n) is 4.84. The largest absolute Gasteiger partial charge is 0.460 e. The van der Waals surface area contributed by atoms with Crippen LogP contribution in [0.4, 0.5) is 4.79 Å². The average molecular weight is 356 g/mol. The number of rotatable bonds is 4. The first-order valence-electron chi connectivity index (χ1n) is 8.77. The molecular formula is C18H20N4O4. The third kappa shape index (κ3) is 3.14. The van der Waals surface area contributed by atoms with Crippen LogP contribution in [-0.4, -0.2) is 45.8 Å². The van der Waals surface area contributed by atoms with Crippen molar-refractivity contribution in [3.63, 3.8) is 0 Å². The maximum atomic E-state index is 11.9. The molecule has 8 heteroatoms. The van der Waals surface area contributed by atoms with Crippen molar-refractivity contribution in [2.45, 2.75) is 25.7 Å². The van der Waals surface area contributed by atoms with E-state index in [1.165, 1.54) is 6.39 Å². The number of pyridine rings is 1. The fraction of sp³-hybridized carbons (Fsp3) is 0.444. The summed E-state index contributed by atoms with van der Waals surface area (Å²) < 4.78 is 16.1. The molecule has 0 bridgehead atoms. The summed E-state index contributed by atoms with van der Waals surface area (Å²) in [6.45, 7) is 3.48. The molecule has 1 aliphatic heterocycles. The van der Waals surface area contributed by atoms with Gasteiger partial charge in [-0.1, -0.05) is 5.16 Å². The predicted octanol–water partition coefficient (Wildman–Crippen LogP) is 3.21. The van der Waals surface area contributed by atoms with E-state index in [4.69, 9.17) is 13.7 Å². The normalized spacial score (nSPS) is 16.7. The zero-order valence-corrected chi connectivity index (χ0v) is 14.5. The summed E-state index contributed by atoms with van der Waals surface area (Å²) in [6.07, 6.45) is 6.19. The Bertz CT molecular complexity index is 835. The summed E-state index contributed by atoms with van der Waals surface area (Å²) >= 11 is 0. The lowest BCUT2D eigenvalue weighted by Crippen LogP contribution is -2.40. The smallest absolute Gasteiger partial charge is 0.409 e. The number of ether oxygens (including phenoxy) is 1. The molecule has 8 nitrogen and oxygen atoms in total. The molecule has 136 valence electrons. The summed E-state index contributed by atoms with van der Waals surface area (Å²) in [6, 6.07) is 3.83. The summed E-state index contributed by atoms with van der Waals surface area (Å²) in [5.41, 5.74) is 0.785. The second-order valence-corrected chi connectivity index (χ2v) is 6.35. The van der Waals surface area contributed by atoms with Crippen molar-refractivity contribution in [3.8, 4) is 0 Å². The molecule has 3 aromatic rings. The van der Waals surface area contributed by atoms with Crippen LogP contribution in [0.5, 0.6) is 0 Å². The Hall–Kier alpha value is -2.90. The number of amides is 1. The van der Waals surface area contributed by atoms with E-state index < -0.39 is 0 Å². The Labute approximate surface area is 150 Å². The molecule has 0 aliphatic carbocycles. The molecule has 1 fully saturated rings. The van der Waals surface area contributed by atoms with E-state index in [2.05, 4.69) is 15.1 Å². The fourth-order valence-corrected chi connectivity index (χ4v) is 3.57. The molecule has 1 saturated heterocycles. The second-order valence-electron chi connectivity index (χ2n) is 6.35. The lowest BCUT2D eigenvalue weighted by Gasteiger charge is -2.33. The van der Waals surface area contributed by atoms with Crippen LogP contribution in [0.15, 0.2) is 39.9 Å². The number of likely N-dealkylation sites (tertiary alicyclic amines) is 1. The van der Waals surface area contributed by atoms with E-state index in [-0.39, 0.29) is 17.9 Å². The number of furan rings is 1. The number of carbonyl (C=O) groups excluding carboxylic acids is 1. The minimum atomic E-state index is -0.253. The maximum absolute atomic E-state index is 11.9. The average Bonchev–Trinajstić information content (AvgIpc) is 3.32. The lowest BCUT2D eigenvalue weighted by molar-refractivity contribution is 0.0890. The Balaban J connectivity index is 1.58. The van der Waals surface area contributed by atoms with Crippen molar-refractivity contribution in [1.29, 1.82) is 0 Å². The zero-order valence-electron chi connectivity index (χ0n) is 14.5. The van der Waals surface area contributed by atoms with Gasteiger partial charge < -0.3 is 18.6 Å². The van der Waals surface area contributed by atoms with Crippen LogP contribution < -0.4 is 0 Å². The van der Waals surface area contributed by atoms with Crippen LogP contribution >= 0.6 is 0 Å². The van der Waals surface area contributed by atoms with E-state index in [0.29, 0.717) is 25.5 Å². The molecule has 0 radical (unpaired) electrons. The van der Waals surface area contributed by atoms with Gasteiger partial charge in [0.05, 0.1) is 12.5 Å². The van der Waals surface area contributed by atoms with Crippen molar-refractivity contribution in [3.05, 3.63) is 42.5 Å². The first kappa shape index (κ1) is 16.6. The first-order valence-corrected chi connectivity index (χ1v) is 8.77. The lowest BCUT2D eigenvalue weighted by atomic mass is 9.82. The third-order valence-corrected chi connectivity index (χ3v) is 4.84. The van der Waals surface area contributed by atoms with Gasteiger partial charge in [0.25, 0.3) is 0 Å². The summed E-state index contributed by atoms with van der Waals surface area (Å²) in [5.74, 6) is 1.52. The van der Waals surface area contributed by atoms with Gasteiger partial charge in [-0.25, -0.2) is 4.79 Å². The van der Waals surface area contributed by atoms with Crippen molar-refractivity contribution < 1.29 is 18.5 Å². The number of aromatic nitrogens is 3. The topological polar surface area (TPSA) is 94.5 Å². The number of carbonyl (C=O) groups is 1. The van der Waals surface area contributed by atoms with Gasteiger partial charge in [-0.3, -0.25) is 4.98 Å². The van der Waals surface area contributed by atoms with Crippen LogP contribution in [0.1, 0.15) is 37.3 Å². The Morgan fingerprint density at radius 2 is 2.27 bits per heavy atom. The molecule has 3 aromatic heterocycles. The van der Waals surface area contributed by atoms with Crippen molar-refractivity contribution in [1.82, 2.24) is 20.0 Å². The van der Waals surface area contributed by atoms with Gasteiger partial charge in [0.2, 0.25) is 6.39 Å². The number of hydrogen-bond donors (Lipinski definition) is 0. The van der Waals surface area contributed by atoms with Crippen LogP contribution in [0, 0.1) is 5.92 Å². The number of nitrogens with zero attached hydrogens (tertiary/aromatic N) is 4. The van der Waals surface area contributed by atoms with Crippen LogP contribution in [0.25, 0.3) is 11.0 Å². The highest BCUT2D eigenvalue weighted by Gasteiger charge is 2.35. The minimum absolute atomic E-state index is 0.120. The molecule has 26 heavy (non-hydrogen) atoms. The highest BCUT2D eigenvalue weighted by atomic mass is 16.6. The predicted molar refractivity (Wildman–Crippen MR) is 91.5 cm³/mol. The molecule has 0 saturated carbocycles. The summed E-state index contributed by atoms with van der Waals surface area (Å²) in [4.78, 5) is 22.1. The van der Waals surface area contributed by atoms with E-state index in [0.717, 1.165) is 29.6 Å². The Kier molecular flexibility index (Phi) is 4.55. The second kappa shape index (κ2) is 7.15. The van der Waals surface area contributed by atoms with Gasteiger partial charge in [0.15, 0.2) is 5.82 Å². The molecule has 1 atom stereocenters. The van der Waals surface area contributed by atoms with Gasteiger partial charge in [0.1, 0.15) is 11.3 Å². The van der Waals surface area contributed by atoms with Gasteiger partial charge in [-0.2, -0.15) is 4.98 Å². The summed E-state index contributed by atoms with van der Waals surface area (Å²) in [5, 5.41) is 5.00. The molecule has 4 rings (SSSR count). The summed E-state index contributed by atoms with van der Waals surface area (Å²) in [7, 11) is 0. The molecule has 1 amide bonds. The minimum Gasteiger partial charge on any atom is -0.460 e. The van der Waals surface area contributed by atoms with Crippen molar-refractivity contribution in [2.24, 2.45) is 5.92 Å². The quantitative estimate of drug-likeness (QED) is 0.708. The highest BCUT2D eigenvalue weighted by Crippen LogP contribution is 2.38. The van der Waals surface area contributed by atoms with E-state index >= 15 is 0 Å². The molecule has 0 N–H and O–H groups in total. The standard InChI is InChI=1S/C18H20N4O4/c1-2-24-18(23)22-7-4-12(5-8-22)16(17-20-11-25-21-17)15-9-13-10-19-6-3-14(13)26-15/h3,6,9-12,16H,2,4-5,7-8H2,1H3. The van der Waals surface area contributed by atoms with E-state index in [9.17, 15) is 4.79 Å². The molecule has 0 spiro atoms. The van der Waals surface area contributed by atoms with Gasteiger partial charge in [-0.15, -0.1) is 0 Å². The van der Waals surface area contributed by atoms with Crippen molar-refractivity contribution >= 4 is 17.1 Å². The number of fused-ring (bicyclic) bond motifs is 1. The Morgan fingerprint density at radius 3 is 2.96 bits per heavy atom. The molecule has 4 heterocycles. The van der Waals surface area contributed by atoms with Gasteiger partial charge in [0, 0.05) is 30.9 Å². The van der Waals surface area contributed by atoms with Gasteiger partial charge >= 0.3 is 6.09 Å².